The molecule has 0 saturated carbocycles. The molecule has 1 aromatic heterocycles. The van der Waals surface area contributed by atoms with Crippen LogP contribution in [0.25, 0.3) is 10.9 Å². The Balaban J connectivity index is 2.67. The summed E-state index contributed by atoms with van der Waals surface area (Å²) in [5, 5.41) is 0.997. The molecule has 1 heterocycles. The summed E-state index contributed by atoms with van der Waals surface area (Å²) in [7, 11) is 0. The van der Waals surface area contributed by atoms with Gasteiger partial charge in [-0.1, -0.05) is 0 Å². The molecule has 0 fully saturated rings. The highest BCUT2D eigenvalue weighted by atomic mass is 19.1. The van der Waals surface area contributed by atoms with Crippen molar-refractivity contribution in [3.8, 4) is 0 Å². The van der Waals surface area contributed by atoms with Gasteiger partial charge in [-0.15, -0.1) is 0 Å². The van der Waals surface area contributed by atoms with E-state index in [2.05, 4.69) is 4.98 Å². The fraction of sp³-hybridized carbons (Fsp3) is 0.111. The molecule has 0 saturated heterocycles. The lowest BCUT2D eigenvalue weighted by Gasteiger charge is -1.88. The van der Waals surface area contributed by atoms with E-state index in [0.717, 1.165) is 16.6 Å². The summed E-state index contributed by atoms with van der Waals surface area (Å²) < 4.78 is 12.7. The monoisotopic (exact) mass is 164 g/mol. The van der Waals surface area contributed by atoms with E-state index in [-0.39, 0.29) is 5.82 Å². The molecule has 0 aliphatic carbocycles. The van der Waals surface area contributed by atoms with Gasteiger partial charge in [-0.05, 0) is 29.7 Å². The van der Waals surface area contributed by atoms with Crippen molar-refractivity contribution < 1.29 is 4.39 Å². The minimum Gasteiger partial charge on any atom is -0.357 e. The lowest BCUT2D eigenvalue weighted by molar-refractivity contribution is 0.629. The van der Waals surface area contributed by atoms with Crippen LogP contribution in [-0.4, -0.2) is 4.98 Å². The van der Waals surface area contributed by atoms with Crippen molar-refractivity contribution >= 4 is 10.9 Å². The fourth-order valence-electron chi connectivity index (χ4n) is 1.27. The third-order valence-corrected chi connectivity index (χ3v) is 1.86. The predicted molar refractivity (Wildman–Crippen MR) is 46.1 cm³/mol. The summed E-state index contributed by atoms with van der Waals surface area (Å²) in [5.74, 6) is -0.229. The molecular formula is C9H9FN2. The SMILES string of the molecule is NCc1cc2ccc(F)cc2[nH]1. The minimum absolute atomic E-state index is 0.229. The lowest BCUT2D eigenvalue weighted by atomic mass is 10.2. The number of rotatable bonds is 1. The van der Waals surface area contributed by atoms with Crippen LogP contribution in [0.4, 0.5) is 4.39 Å². The number of hydrogen-bond donors (Lipinski definition) is 2. The molecule has 0 amide bonds. The van der Waals surface area contributed by atoms with Gasteiger partial charge in [0.25, 0.3) is 0 Å². The molecule has 2 rings (SSSR count). The largest absolute Gasteiger partial charge is 0.357 e. The van der Waals surface area contributed by atoms with Gasteiger partial charge in [0.2, 0.25) is 0 Å². The lowest BCUT2D eigenvalue weighted by Crippen LogP contribution is -1.94. The molecule has 62 valence electrons. The molecule has 12 heavy (non-hydrogen) atoms. The van der Waals surface area contributed by atoms with Crippen LogP contribution < -0.4 is 5.73 Å². The molecule has 1 aromatic carbocycles. The van der Waals surface area contributed by atoms with Crippen LogP contribution in [0.15, 0.2) is 24.3 Å². The second-order valence-electron chi connectivity index (χ2n) is 2.73. The Morgan fingerprint density at radius 3 is 2.92 bits per heavy atom. The zero-order chi connectivity index (χ0) is 8.55. The van der Waals surface area contributed by atoms with Crippen LogP contribution in [0.3, 0.4) is 0 Å². The third-order valence-electron chi connectivity index (χ3n) is 1.86. The van der Waals surface area contributed by atoms with Crippen LogP contribution in [0.5, 0.6) is 0 Å². The van der Waals surface area contributed by atoms with Crippen molar-refractivity contribution in [2.75, 3.05) is 0 Å². The van der Waals surface area contributed by atoms with Gasteiger partial charge in [-0.25, -0.2) is 4.39 Å². The molecule has 0 aliphatic heterocycles. The highest BCUT2D eigenvalue weighted by molar-refractivity contribution is 5.80. The topological polar surface area (TPSA) is 41.8 Å². The minimum atomic E-state index is -0.229. The molecule has 2 aromatic rings. The number of fused-ring (bicyclic) bond motifs is 1. The molecular weight excluding hydrogens is 155 g/mol. The summed E-state index contributed by atoms with van der Waals surface area (Å²) in [6.45, 7) is 0.455. The van der Waals surface area contributed by atoms with E-state index in [1.807, 2.05) is 6.07 Å². The summed E-state index contributed by atoms with van der Waals surface area (Å²) in [6.07, 6.45) is 0. The van der Waals surface area contributed by atoms with E-state index >= 15 is 0 Å². The van der Waals surface area contributed by atoms with Gasteiger partial charge in [0.15, 0.2) is 0 Å². The molecule has 0 spiro atoms. The van der Waals surface area contributed by atoms with Crippen LogP contribution in [0.1, 0.15) is 5.69 Å². The number of nitrogens with two attached hydrogens (primary N) is 1. The number of halogens is 1. The Morgan fingerprint density at radius 2 is 2.17 bits per heavy atom. The first-order valence-electron chi connectivity index (χ1n) is 3.77. The van der Waals surface area contributed by atoms with Gasteiger partial charge in [-0.3, -0.25) is 0 Å². The smallest absolute Gasteiger partial charge is 0.125 e. The third kappa shape index (κ3) is 1.08. The summed E-state index contributed by atoms with van der Waals surface area (Å²) in [6, 6.07) is 6.57. The average Bonchev–Trinajstić information content (AvgIpc) is 2.46. The normalized spacial score (nSPS) is 10.8. The van der Waals surface area contributed by atoms with E-state index in [0.29, 0.717) is 6.54 Å². The van der Waals surface area contributed by atoms with E-state index in [1.54, 1.807) is 6.07 Å². The zero-order valence-electron chi connectivity index (χ0n) is 6.47. The average molecular weight is 164 g/mol. The van der Waals surface area contributed by atoms with Gasteiger partial charge in [-0.2, -0.15) is 0 Å². The van der Waals surface area contributed by atoms with Crippen LogP contribution in [0, 0.1) is 5.82 Å². The standard InChI is InChI=1S/C9H9FN2/c10-7-2-1-6-3-8(5-11)12-9(6)4-7/h1-4,12H,5,11H2. The van der Waals surface area contributed by atoms with Gasteiger partial charge in [0.05, 0.1) is 0 Å². The predicted octanol–water partition coefficient (Wildman–Crippen LogP) is 1.77. The van der Waals surface area contributed by atoms with Crippen molar-refractivity contribution in [2.24, 2.45) is 5.73 Å². The van der Waals surface area contributed by atoms with E-state index < -0.39 is 0 Å². The van der Waals surface area contributed by atoms with Gasteiger partial charge < -0.3 is 10.7 Å². The second-order valence-corrected chi connectivity index (χ2v) is 2.73. The fourth-order valence-corrected chi connectivity index (χ4v) is 1.27. The molecule has 0 atom stereocenters. The van der Waals surface area contributed by atoms with Crippen LogP contribution >= 0.6 is 0 Å². The van der Waals surface area contributed by atoms with Crippen molar-refractivity contribution in [1.82, 2.24) is 4.98 Å². The Kier molecular flexibility index (Phi) is 1.59. The number of H-pyrrole nitrogens is 1. The number of nitrogens with one attached hydrogen (secondary N) is 1. The van der Waals surface area contributed by atoms with Gasteiger partial charge in [0.1, 0.15) is 5.82 Å². The number of aromatic amines is 1. The highest BCUT2D eigenvalue weighted by Crippen LogP contribution is 2.15. The van der Waals surface area contributed by atoms with Crippen LogP contribution in [0.2, 0.25) is 0 Å². The summed E-state index contributed by atoms with van der Waals surface area (Å²) >= 11 is 0. The van der Waals surface area contributed by atoms with E-state index in [1.165, 1.54) is 12.1 Å². The summed E-state index contributed by atoms with van der Waals surface area (Å²) in [4.78, 5) is 3.02. The molecule has 3 N–H and O–H groups in total. The van der Waals surface area contributed by atoms with Crippen molar-refractivity contribution in [3.05, 3.63) is 35.8 Å². The number of aromatic nitrogens is 1. The molecule has 0 unspecified atom stereocenters. The maximum Gasteiger partial charge on any atom is 0.125 e. The van der Waals surface area contributed by atoms with Crippen molar-refractivity contribution in [2.45, 2.75) is 6.54 Å². The van der Waals surface area contributed by atoms with Gasteiger partial charge in [0, 0.05) is 17.8 Å². The van der Waals surface area contributed by atoms with Gasteiger partial charge >= 0.3 is 0 Å². The highest BCUT2D eigenvalue weighted by Gasteiger charge is 1.99. The first-order chi connectivity index (χ1) is 5.79. The molecule has 0 bridgehead atoms. The van der Waals surface area contributed by atoms with Crippen LogP contribution in [-0.2, 0) is 6.54 Å². The first kappa shape index (κ1) is 7.31. The Morgan fingerprint density at radius 1 is 1.33 bits per heavy atom. The quantitative estimate of drug-likeness (QED) is 0.662. The Labute approximate surface area is 69.2 Å². The first-order valence-corrected chi connectivity index (χ1v) is 3.77. The summed E-state index contributed by atoms with van der Waals surface area (Å²) in [5.41, 5.74) is 7.15. The molecule has 3 heteroatoms. The maximum atomic E-state index is 12.7. The second kappa shape index (κ2) is 2.60. The Hall–Kier alpha value is -1.35. The number of benzene rings is 1. The molecule has 0 aliphatic rings. The molecule has 0 radical (unpaired) electrons. The van der Waals surface area contributed by atoms with Crippen molar-refractivity contribution in [3.63, 3.8) is 0 Å². The zero-order valence-corrected chi connectivity index (χ0v) is 6.47. The van der Waals surface area contributed by atoms with Crippen molar-refractivity contribution in [1.29, 1.82) is 0 Å². The Bertz CT molecular complexity index is 406. The number of hydrogen-bond acceptors (Lipinski definition) is 1. The van der Waals surface area contributed by atoms with E-state index in [4.69, 9.17) is 5.73 Å². The maximum absolute atomic E-state index is 12.7. The van der Waals surface area contributed by atoms with E-state index in [9.17, 15) is 4.39 Å². The molecule has 2 nitrogen and oxygen atoms in total.